The van der Waals surface area contributed by atoms with Gasteiger partial charge in [0, 0.05) is 6.54 Å². The summed E-state index contributed by atoms with van der Waals surface area (Å²) in [5.41, 5.74) is 10.6. The van der Waals surface area contributed by atoms with Gasteiger partial charge in [0.05, 0.1) is 6.10 Å². The molecule has 0 rings (SSSR count). The summed E-state index contributed by atoms with van der Waals surface area (Å²) >= 11 is 0. The fraction of sp³-hybridized carbons (Fsp3) is 0.833. The van der Waals surface area contributed by atoms with Gasteiger partial charge < -0.3 is 32.1 Å². The van der Waals surface area contributed by atoms with Gasteiger partial charge in [0.25, 0.3) is 0 Å². The molecule has 8 nitrogen and oxygen atoms in total. The Hall–Kier alpha value is -1.22. The van der Waals surface area contributed by atoms with Crippen LogP contribution in [0.3, 0.4) is 0 Å². The van der Waals surface area contributed by atoms with Crippen LogP contribution in [0.25, 0.3) is 0 Å². The number of unbranched alkanes of at least 4 members (excludes halogenated alkanes) is 1. The van der Waals surface area contributed by atoms with Crippen LogP contribution in [0.15, 0.2) is 0 Å². The summed E-state index contributed by atoms with van der Waals surface area (Å²) in [5, 5.41) is 29.8. The summed E-state index contributed by atoms with van der Waals surface area (Å²) in [6.07, 6.45) is 1.54. The minimum Gasteiger partial charge on any atom is -0.480 e. The first-order valence-corrected chi connectivity index (χ1v) is 6.71. The number of carbonyl (C=O) groups is 2. The number of aliphatic hydroxyl groups is 1. The highest BCUT2D eigenvalue weighted by Crippen LogP contribution is 2.03. The molecule has 0 aliphatic rings. The van der Waals surface area contributed by atoms with E-state index in [0.717, 1.165) is 0 Å². The molecule has 0 fully saturated rings. The van der Waals surface area contributed by atoms with Crippen molar-refractivity contribution >= 4 is 11.9 Å². The predicted molar refractivity (Wildman–Crippen MR) is 73.2 cm³/mol. The molecule has 0 aliphatic heterocycles. The van der Waals surface area contributed by atoms with Gasteiger partial charge in [-0.15, -0.1) is 0 Å². The lowest BCUT2D eigenvalue weighted by Gasteiger charge is -2.16. The first-order chi connectivity index (χ1) is 9.38. The second-order valence-corrected chi connectivity index (χ2v) is 4.75. The van der Waals surface area contributed by atoms with Crippen LogP contribution >= 0.6 is 0 Å². The number of hydrogen-bond donors (Lipinski definition) is 6. The molecule has 0 saturated carbocycles. The van der Waals surface area contributed by atoms with Crippen LogP contribution in [0, 0.1) is 0 Å². The van der Waals surface area contributed by atoms with Gasteiger partial charge in [-0.3, -0.25) is 9.59 Å². The normalized spacial score (nSPS) is 15.6. The maximum atomic E-state index is 11.0. The predicted octanol–water partition coefficient (Wildman–Crippen LogP) is -1.29. The van der Waals surface area contributed by atoms with Crippen molar-refractivity contribution in [1.29, 1.82) is 0 Å². The van der Waals surface area contributed by atoms with E-state index in [9.17, 15) is 14.7 Å². The number of hydrogen-bond acceptors (Lipinski definition) is 6. The highest BCUT2D eigenvalue weighted by Gasteiger charge is 2.17. The molecule has 0 bridgehead atoms. The molecule has 8 heteroatoms. The first-order valence-electron chi connectivity index (χ1n) is 6.71. The summed E-state index contributed by atoms with van der Waals surface area (Å²) in [6.45, 7) is 0.571. The van der Waals surface area contributed by atoms with Crippen LogP contribution in [-0.2, 0) is 9.59 Å². The van der Waals surface area contributed by atoms with E-state index in [2.05, 4.69) is 5.32 Å². The smallest absolute Gasteiger partial charge is 0.320 e. The van der Waals surface area contributed by atoms with Gasteiger partial charge in [0.1, 0.15) is 12.1 Å². The minimum absolute atomic E-state index is 0.111. The largest absolute Gasteiger partial charge is 0.480 e. The van der Waals surface area contributed by atoms with Crippen molar-refractivity contribution in [3.8, 4) is 0 Å². The van der Waals surface area contributed by atoms with E-state index < -0.39 is 30.1 Å². The molecule has 3 atom stereocenters. The van der Waals surface area contributed by atoms with Gasteiger partial charge in [-0.05, 0) is 32.2 Å². The number of carboxylic acids is 2. The van der Waals surface area contributed by atoms with Crippen LogP contribution in [0.1, 0.15) is 32.1 Å². The van der Waals surface area contributed by atoms with Gasteiger partial charge >= 0.3 is 11.9 Å². The summed E-state index contributed by atoms with van der Waals surface area (Å²) < 4.78 is 0. The lowest BCUT2D eigenvalue weighted by molar-refractivity contribution is -0.140. The van der Waals surface area contributed by atoms with E-state index >= 15 is 0 Å². The SMILES string of the molecule is NCC(O)CC[C@H](NCCCCC(N)C(=O)O)C(=O)O. The second kappa shape index (κ2) is 10.6. The lowest BCUT2D eigenvalue weighted by Crippen LogP contribution is -2.38. The zero-order valence-corrected chi connectivity index (χ0v) is 11.5. The van der Waals surface area contributed by atoms with E-state index in [-0.39, 0.29) is 6.54 Å². The molecule has 0 amide bonds. The maximum absolute atomic E-state index is 11.0. The van der Waals surface area contributed by atoms with Crippen molar-refractivity contribution < 1.29 is 24.9 Å². The highest BCUT2D eigenvalue weighted by molar-refractivity contribution is 5.73. The van der Waals surface area contributed by atoms with Gasteiger partial charge in [0.15, 0.2) is 0 Å². The molecule has 0 saturated heterocycles. The number of rotatable bonds is 12. The Kier molecular flexibility index (Phi) is 9.91. The average molecular weight is 291 g/mol. The molecule has 0 aliphatic carbocycles. The molecular formula is C12H25N3O5. The molecular weight excluding hydrogens is 266 g/mol. The monoisotopic (exact) mass is 291 g/mol. The fourth-order valence-corrected chi connectivity index (χ4v) is 1.68. The zero-order valence-electron chi connectivity index (χ0n) is 11.5. The standard InChI is InChI=1S/C12H25N3O5/c13-7-8(16)4-5-10(12(19)20)15-6-2-1-3-9(14)11(17)18/h8-10,15-16H,1-7,13-14H2,(H,17,18)(H,19,20)/t8?,9?,10-/m0/s1. The molecule has 20 heavy (non-hydrogen) atoms. The number of aliphatic carboxylic acids is 2. The van der Waals surface area contributed by atoms with Gasteiger partial charge in [-0.1, -0.05) is 6.42 Å². The van der Waals surface area contributed by atoms with Crippen molar-refractivity contribution in [3.63, 3.8) is 0 Å². The Morgan fingerprint density at radius 3 is 2.20 bits per heavy atom. The molecule has 118 valence electrons. The van der Waals surface area contributed by atoms with Crippen molar-refractivity contribution in [2.75, 3.05) is 13.1 Å². The average Bonchev–Trinajstić information content (AvgIpc) is 2.40. The Balaban J connectivity index is 3.81. The number of carboxylic acid groups (broad SMARTS) is 2. The van der Waals surface area contributed by atoms with E-state index in [4.69, 9.17) is 21.7 Å². The van der Waals surface area contributed by atoms with Crippen LogP contribution in [0.5, 0.6) is 0 Å². The molecule has 0 aromatic carbocycles. The third-order valence-electron chi connectivity index (χ3n) is 3.01. The lowest BCUT2D eigenvalue weighted by atomic mass is 10.1. The van der Waals surface area contributed by atoms with Gasteiger partial charge in [0.2, 0.25) is 0 Å². The Morgan fingerprint density at radius 2 is 1.70 bits per heavy atom. The molecule has 0 aromatic heterocycles. The third-order valence-corrected chi connectivity index (χ3v) is 3.01. The van der Waals surface area contributed by atoms with Crippen molar-refractivity contribution in [2.24, 2.45) is 11.5 Å². The highest BCUT2D eigenvalue weighted by atomic mass is 16.4. The van der Waals surface area contributed by atoms with Crippen LogP contribution < -0.4 is 16.8 Å². The quantitative estimate of drug-likeness (QED) is 0.242. The van der Waals surface area contributed by atoms with Crippen LogP contribution in [-0.4, -0.2) is 58.5 Å². The first kappa shape index (κ1) is 18.8. The summed E-state index contributed by atoms with van der Waals surface area (Å²) in [7, 11) is 0. The number of aliphatic hydroxyl groups excluding tert-OH is 1. The Labute approximate surface area is 118 Å². The molecule has 0 radical (unpaired) electrons. The molecule has 0 spiro atoms. The fourth-order valence-electron chi connectivity index (χ4n) is 1.68. The van der Waals surface area contributed by atoms with Gasteiger partial charge in [-0.2, -0.15) is 0 Å². The van der Waals surface area contributed by atoms with Crippen LogP contribution in [0.2, 0.25) is 0 Å². The summed E-state index contributed by atoms with van der Waals surface area (Å²) in [5.74, 6) is -2.01. The van der Waals surface area contributed by atoms with E-state index in [0.29, 0.717) is 38.6 Å². The maximum Gasteiger partial charge on any atom is 0.320 e. The topological polar surface area (TPSA) is 159 Å². The third kappa shape index (κ3) is 8.81. The summed E-state index contributed by atoms with van der Waals surface area (Å²) in [4.78, 5) is 21.5. The number of nitrogens with one attached hydrogen (secondary N) is 1. The molecule has 2 unspecified atom stereocenters. The molecule has 8 N–H and O–H groups in total. The Morgan fingerprint density at radius 1 is 1.05 bits per heavy atom. The molecule has 0 aromatic rings. The second-order valence-electron chi connectivity index (χ2n) is 4.75. The zero-order chi connectivity index (χ0) is 15.5. The Bertz CT molecular complexity index is 301. The minimum atomic E-state index is -1.03. The number of nitrogens with two attached hydrogens (primary N) is 2. The van der Waals surface area contributed by atoms with Gasteiger partial charge in [-0.25, -0.2) is 0 Å². The summed E-state index contributed by atoms with van der Waals surface area (Å²) in [6, 6.07) is -1.60. The van der Waals surface area contributed by atoms with Crippen LogP contribution in [0.4, 0.5) is 0 Å². The van der Waals surface area contributed by atoms with E-state index in [1.54, 1.807) is 0 Å². The molecule has 0 heterocycles. The van der Waals surface area contributed by atoms with E-state index in [1.807, 2.05) is 0 Å². The van der Waals surface area contributed by atoms with Crippen molar-refractivity contribution in [3.05, 3.63) is 0 Å². The van der Waals surface area contributed by atoms with Crippen molar-refractivity contribution in [1.82, 2.24) is 5.32 Å². The van der Waals surface area contributed by atoms with E-state index in [1.165, 1.54) is 0 Å². The van der Waals surface area contributed by atoms with Crippen molar-refractivity contribution in [2.45, 2.75) is 50.3 Å².